The summed E-state index contributed by atoms with van der Waals surface area (Å²) in [6.07, 6.45) is 1.55. The Labute approximate surface area is 154 Å². The van der Waals surface area contributed by atoms with Gasteiger partial charge in [0, 0.05) is 6.26 Å². The molecular weight excluding hydrogens is 348 g/mol. The van der Waals surface area contributed by atoms with Crippen LogP contribution in [0.5, 0.6) is 11.5 Å². The highest BCUT2D eigenvalue weighted by Crippen LogP contribution is 2.29. The van der Waals surface area contributed by atoms with E-state index in [9.17, 15) is 9.00 Å². The molecule has 0 radical (unpaired) electrons. The maximum Gasteiger partial charge on any atom is 0.347 e. The lowest BCUT2D eigenvalue weighted by Gasteiger charge is -2.14. The zero-order valence-corrected chi connectivity index (χ0v) is 15.1. The minimum atomic E-state index is -1.30. The van der Waals surface area contributed by atoms with Crippen molar-refractivity contribution in [1.29, 1.82) is 0 Å². The third-order valence-corrected chi connectivity index (χ3v) is 4.63. The van der Waals surface area contributed by atoms with Gasteiger partial charge in [-0.15, -0.1) is 0 Å². The number of hydrogen-bond donors (Lipinski definition) is 0. The molecule has 5 heteroatoms. The second-order valence-corrected chi connectivity index (χ2v) is 6.91. The van der Waals surface area contributed by atoms with E-state index in [-0.39, 0.29) is 17.9 Å². The zero-order chi connectivity index (χ0) is 18.4. The van der Waals surface area contributed by atoms with E-state index in [1.807, 2.05) is 36.4 Å². The van der Waals surface area contributed by atoms with Gasteiger partial charge in [0.15, 0.2) is 0 Å². The van der Waals surface area contributed by atoms with Gasteiger partial charge in [0.25, 0.3) is 0 Å². The molecule has 0 N–H and O–H groups in total. The number of carbonyl (C=O) groups is 1. The molecule has 0 bridgehead atoms. The van der Waals surface area contributed by atoms with Crippen molar-refractivity contribution in [3.8, 4) is 11.5 Å². The van der Waals surface area contributed by atoms with Gasteiger partial charge in [-0.1, -0.05) is 54.6 Å². The van der Waals surface area contributed by atoms with E-state index >= 15 is 0 Å². The van der Waals surface area contributed by atoms with E-state index < -0.39 is 16.8 Å². The van der Waals surface area contributed by atoms with Crippen LogP contribution in [0.2, 0.25) is 0 Å². The average Bonchev–Trinajstić information content (AvgIpc) is 2.67. The molecule has 3 aromatic rings. The van der Waals surface area contributed by atoms with E-state index in [0.717, 1.165) is 5.56 Å². The van der Waals surface area contributed by atoms with Crippen LogP contribution in [-0.2, 0) is 17.4 Å². The smallest absolute Gasteiger partial charge is 0.347 e. The van der Waals surface area contributed by atoms with Crippen LogP contribution in [-0.4, -0.2) is 16.4 Å². The molecule has 4 nitrogen and oxygen atoms in total. The first-order chi connectivity index (χ1) is 12.6. The Morgan fingerprint density at radius 3 is 2.19 bits per heavy atom. The van der Waals surface area contributed by atoms with Crippen LogP contribution in [0.25, 0.3) is 0 Å². The monoisotopic (exact) mass is 366 g/mol. The van der Waals surface area contributed by atoms with Gasteiger partial charge in [-0.3, -0.25) is 4.21 Å². The molecule has 0 saturated heterocycles. The fourth-order valence-electron chi connectivity index (χ4n) is 2.43. The Hall–Kier alpha value is -2.92. The first-order valence-electron chi connectivity index (χ1n) is 8.05. The number of benzene rings is 3. The fraction of sp³-hybridized carbons (Fsp3) is 0.0952. The van der Waals surface area contributed by atoms with Gasteiger partial charge in [-0.2, -0.15) is 0 Å². The molecule has 0 aromatic heterocycles. The van der Waals surface area contributed by atoms with Crippen LogP contribution in [0.4, 0.5) is 0 Å². The molecule has 0 spiro atoms. The lowest BCUT2D eigenvalue weighted by Crippen LogP contribution is -2.12. The predicted molar refractivity (Wildman–Crippen MR) is 101 cm³/mol. The van der Waals surface area contributed by atoms with E-state index in [4.69, 9.17) is 9.47 Å². The summed E-state index contributed by atoms with van der Waals surface area (Å²) in [6, 6.07) is 23.4. The van der Waals surface area contributed by atoms with Crippen molar-refractivity contribution in [2.24, 2.45) is 0 Å². The normalized spacial score (nSPS) is 11.6. The largest absolute Gasteiger partial charge is 0.487 e. The average molecular weight is 366 g/mol. The Balaban J connectivity index is 1.90. The lowest BCUT2D eigenvalue weighted by atomic mass is 10.2. The lowest BCUT2D eigenvalue weighted by molar-refractivity contribution is 0.0729. The van der Waals surface area contributed by atoms with E-state index in [0.29, 0.717) is 10.6 Å². The summed E-state index contributed by atoms with van der Waals surface area (Å²) in [4.78, 5) is 13.1. The Kier molecular flexibility index (Phi) is 5.81. The molecule has 0 heterocycles. The van der Waals surface area contributed by atoms with Gasteiger partial charge in [0.1, 0.15) is 23.7 Å². The number of esters is 1. The van der Waals surface area contributed by atoms with Crippen molar-refractivity contribution >= 4 is 16.8 Å². The SMILES string of the molecule is CS(=O)c1cccc(C(=O)Oc2ccccc2)c1OCc1ccccc1. The van der Waals surface area contributed by atoms with Gasteiger partial charge in [-0.25, -0.2) is 4.79 Å². The van der Waals surface area contributed by atoms with E-state index in [1.54, 1.807) is 48.7 Å². The predicted octanol–water partition coefficient (Wildman–Crippen LogP) is 4.22. The number of para-hydroxylation sites is 2. The minimum Gasteiger partial charge on any atom is -0.487 e. The van der Waals surface area contributed by atoms with Gasteiger partial charge in [0.2, 0.25) is 0 Å². The van der Waals surface area contributed by atoms with Crippen molar-refractivity contribution < 1.29 is 18.5 Å². The van der Waals surface area contributed by atoms with Gasteiger partial charge >= 0.3 is 5.97 Å². The van der Waals surface area contributed by atoms with Gasteiger partial charge in [0.05, 0.1) is 15.7 Å². The van der Waals surface area contributed by atoms with E-state index in [1.165, 1.54) is 0 Å². The van der Waals surface area contributed by atoms with Crippen LogP contribution in [0, 0.1) is 0 Å². The Morgan fingerprint density at radius 1 is 0.885 bits per heavy atom. The third-order valence-electron chi connectivity index (χ3n) is 3.69. The quantitative estimate of drug-likeness (QED) is 0.484. The van der Waals surface area contributed by atoms with Gasteiger partial charge in [-0.05, 0) is 29.8 Å². The standard InChI is InChI=1S/C21H18O4S/c1-26(23)19-14-8-13-18(21(22)25-17-11-6-3-7-12-17)20(19)24-15-16-9-4-2-5-10-16/h2-14H,15H2,1H3. The van der Waals surface area contributed by atoms with Crippen LogP contribution in [0.1, 0.15) is 15.9 Å². The first kappa shape index (κ1) is 17.9. The molecule has 0 amide bonds. The number of carbonyl (C=O) groups excluding carboxylic acids is 1. The fourth-order valence-corrected chi connectivity index (χ4v) is 3.13. The summed E-state index contributed by atoms with van der Waals surface area (Å²) in [5.41, 5.74) is 1.20. The molecule has 0 saturated carbocycles. The second kappa shape index (κ2) is 8.45. The van der Waals surface area contributed by atoms with Crippen LogP contribution >= 0.6 is 0 Å². The maximum atomic E-state index is 12.6. The minimum absolute atomic E-state index is 0.248. The summed E-state index contributed by atoms with van der Waals surface area (Å²) in [6.45, 7) is 0.265. The van der Waals surface area contributed by atoms with Crippen LogP contribution in [0.3, 0.4) is 0 Å². The molecule has 132 valence electrons. The molecule has 0 aliphatic heterocycles. The molecule has 0 fully saturated rings. The molecule has 3 aromatic carbocycles. The highest BCUT2D eigenvalue weighted by atomic mass is 32.2. The first-order valence-corrected chi connectivity index (χ1v) is 9.61. The summed E-state index contributed by atoms with van der Waals surface area (Å²) < 4.78 is 23.4. The molecule has 1 atom stereocenters. The third kappa shape index (κ3) is 4.37. The molecular formula is C21H18O4S. The Morgan fingerprint density at radius 2 is 1.54 bits per heavy atom. The topological polar surface area (TPSA) is 52.6 Å². The summed E-state index contributed by atoms with van der Waals surface area (Å²) in [5, 5.41) is 0. The molecule has 0 aliphatic carbocycles. The zero-order valence-electron chi connectivity index (χ0n) is 14.3. The van der Waals surface area contributed by atoms with Gasteiger partial charge < -0.3 is 9.47 Å². The summed E-state index contributed by atoms with van der Waals surface area (Å²) >= 11 is 0. The number of hydrogen-bond acceptors (Lipinski definition) is 4. The van der Waals surface area contributed by atoms with Crippen molar-refractivity contribution in [1.82, 2.24) is 0 Å². The highest BCUT2D eigenvalue weighted by molar-refractivity contribution is 7.84. The van der Waals surface area contributed by atoms with Crippen molar-refractivity contribution in [3.63, 3.8) is 0 Å². The molecule has 3 rings (SSSR count). The summed E-state index contributed by atoms with van der Waals surface area (Å²) in [5.74, 6) is 0.180. The van der Waals surface area contributed by atoms with Crippen molar-refractivity contribution in [2.45, 2.75) is 11.5 Å². The van der Waals surface area contributed by atoms with Crippen molar-refractivity contribution in [2.75, 3.05) is 6.26 Å². The van der Waals surface area contributed by atoms with E-state index in [2.05, 4.69) is 0 Å². The molecule has 26 heavy (non-hydrogen) atoms. The number of rotatable bonds is 6. The summed E-state index contributed by atoms with van der Waals surface area (Å²) in [7, 11) is -1.30. The molecule has 1 unspecified atom stereocenters. The maximum absolute atomic E-state index is 12.6. The second-order valence-electron chi connectivity index (χ2n) is 5.56. The molecule has 0 aliphatic rings. The highest BCUT2D eigenvalue weighted by Gasteiger charge is 2.20. The number of ether oxygens (including phenoxy) is 2. The Bertz CT molecular complexity index is 908. The van der Waals surface area contributed by atoms with Crippen LogP contribution in [0.15, 0.2) is 83.8 Å². The van der Waals surface area contributed by atoms with Crippen molar-refractivity contribution in [3.05, 3.63) is 90.0 Å². The van der Waals surface area contributed by atoms with Crippen LogP contribution < -0.4 is 9.47 Å².